The monoisotopic (exact) mass is 186 g/mol. The van der Waals surface area contributed by atoms with Gasteiger partial charge in [0.05, 0.1) is 0 Å². The van der Waals surface area contributed by atoms with Crippen molar-refractivity contribution < 1.29 is 18.3 Å². The summed E-state index contributed by atoms with van der Waals surface area (Å²) in [5.74, 6) is -1.45. The van der Waals surface area contributed by atoms with Gasteiger partial charge in [-0.05, 0) is 6.92 Å². The van der Waals surface area contributed by atoms with Crippen LogP contribution in [0, 0.1) is 11.6 Å². The molecule has 0 saturated heterocycles. The van der Waals surface area contributed by atoms with E-state index in [0.717, 1.165) is 18.2 Å². The van der Waals surface area contributed by atoms with E-state index in [9.17, 15) is 13.6 Å². The number of ether oxygens (including phenoxy) is 1. The molecule has 0 amide bonds. The van der Waals surface area contributed by atoms with Crippen molar-refractivity contribution >= 4 is 6.29 Å². The van der Waals surface area contributed by atoms with E-state index >= 15 is 0 Å². The first-order valence-corrected chi connectivity index (χ1v) is 3.70. The molecule has 0 aliphatic rings. The zero-order valence-corrected chi connectivity index (χ0v) is 6.96. The lowest BCUT2D eigenvalue weighted by Gasteiger charge is -2.08. The van der Waals surface area contributed by atoms with E-state index in [2.05, 4.69) is 0 Å². The Labute approximate surface area is 74.1 Å². The number of carbonyl (C=O) groups is 1. The standard InChI is InChI=1S/C9H8F2O2/c1-6(5-12)13-9-3-7(10)2-8(11)4-9/h2-6H,1H3. The molecular formula is C9H8F2O2. The number of carbonyl (C=O) groups excluding carboxylic acids is 1. The Morgan fingerprint density at radius 1 is 1.31 bits per heavy atom. The van der Waals surface area contributed by atoms with Crippen LogP contribution in [0.5, 0.6) is 5.75 Å². The van der Waals surface area contributed by atoms with Crippen LogP contribution in [0.15, 0.2) is 18.2 Å². The number of hydrogen-bond donors (Lipinski definition) is 0. The highest BCUT2D eigenvalue weighted by Gasteiger charge is 2.04. The van der Waals surface area contributed by atoms with Gasteiger partial charge in [-0.1, -0.05) is 0 Å². The minimum absolute atomic E-state index is 0.0112. The Kier molecular flexibility index (Phi) is 2.95. The topological polar surface area (TPSA) is 26.3 Å². The Hall–Kier alpha value is -1.45. The van der Waals surface area contributed by atoms with Gasteiger partial charge in [0, 0.05) is 18.2 Å². The molecular weight excluding hydrogens is 178 g/mol. The van der Waals surface area contributed by atoms with Gasteiger partial charge in [0.1, 0.15) is 17.4 Å². The fourth-order valence-corrected chi connectivity index (χ4v) is 0.839. The molecule has 0 aliphatic heterocycles. The summed E-state index contributed by atoms with van der Waals surface area (Å²) in [5.41, 5.74) is 0. The first-order chi connectivity index (χ1) is 6.11. The van der Waals surface area contributed by atoms with Crippen molar-refractivity contribution in [3.05, 3.63) is 29.8 Å². The fraction of sp³-hybridized carbons (Fsp3) is 0.222. The molecule has 1 aromatic carbocycles. The lowest BCUT2D eigenvalue weighted by Crippen LogP contribution is -2.12. The Morgan fingerprint density at radius 2 is 1.85 bits per heavy atom. The largest absolute Gasteiger partial charge is 0.483 e. The molecule has 0 radical (unpaired) electrons. The highest BCUT2D eigenvalue weighted by Crippen LogP contribution is 2.16. The molecule has 0 aliphatic carbocycles. The van der Waals surface area contributed by atoms with Gasteiger partial charge in [-0.25, -0.2) is 8.78 Å². The molecule has 0 aromatic heterocycles. The second kappa shape index (κ2) is 3.98. The molecule has 0 N–H and O–H groups in total. The van der Waals surface area contributed by atoms with Gasteiger partial charge in [-0.3, -0.25) is 4.79 Å². The predicted octanol–water partition coefficient (Wildman–Crippen LogP) is 1.93. The van der Waals surface area contributed by atoms with Crippen LogP contribution in [0.2, 0.25) is 0 Å². The quantitative estimate of drug-likeness (QED) is 0.674. The summed E-state index contributed by atoms with van der Waals surface area (Å²) in [7, 11) is 0. The average molecular weight is 186 g/mol. The van der Waals surface area contributed by atoms with Gasteiger partial charge in [0.15, 0.2) is 12.4 Å². The molecule has 4 heteroatoms. The number of rotatable bonds is 3. The zero-order chi connectivity index (χ0) is 9.84. The van der Waals surface area contributed by atoms with Crippen LogP contribution in [-0.4, -0.2) is 12.4 Å². The summed E-state index contributed by atoms with van der Waals surface area (Å²) in [5, 5.41) is 0. The fourth-order valence-electron chi connectivity index (χ4n) is 0.839. The van der Waals surface area contributed by atoms with Gasteiger partial charge in [0.25, 0.3) is 0 Å². The first kappa shape index (κ1) is 9.64. The first-order valence-electron chi connectivity index (χ1n) is 3.70. The molecule has 70 valence electrons. The van der Waals surface area contributed by atoms with Crippen LogP contribution in [-0.2, 0) is 4.79 Å². The third kappa shape index (κ3) is 2.82. The van der Waals surface area contributed by atoms with Crippen molar-refractivity contribution in [2.75, 3.05) is 0 Å². The normalized spacial score (nSPS) is 12.2. The number of benzene rings is 1. The van der Waals surface area contributed by atoms with E-state index in [1.165, 1.54) is 6.92 Å². The molecule has 2 nitrogen and oxygen atoms in total. The smallest absolute Gasteiger partial charge is 0.160 e. The third-order valence-corrected chi connectivity index (χ3v) is 1.35. The van der Waals surface area contributed by atoms with Gasteiger partial charge < -0.3 is 4.74 Å². The van der Waals surface area contributed by atoms with E-state index in [1.807, 2.05) is 0 Å². The van der Waals surface area contributed by atoms with Gasteiger partial charge in [-0.2, -0.15) is 0 Å². The van der Waals surface area contributed by atoms with Crippen molar-refractivity contribution in [2.24, 2.45) is 0 Å². The summed E-state index contributed by atoms with van der Waals surface area (Å²) in [6.07, 6.45) is -0.163. The van der Waals surface area contributed by atoms with E-state index in [4.69, 9.17) is 4.74 Å². The van der Waals surface area contributed by atoms with Crippen molar-refractivity contribution in [1.82, 2.24) is 0 Å². The predicted molar refractivity (Wildman–Crippen MR) is 42.5 cm³/mol. The molecule has 1 unspecified atom stereocenters. The summed E-state index contributed by atoms with van der Waals surface area (Å²) < 4.78 is 30.0. The molecule has 0 fully saturated rings. The maximum Gasteiger partial charge on any atom is 0.160 e. The van der Waals surface area contributed by atoms with Crippen LogP contribution < -0.4 is 4.74 Å². The van der Waals surface area contributed by atoms with Crippen molar-refractivity contribution in [1.29, 1.82) is 0 Å². The van der Waals surface area contributed by atoms with Crippen LogP contribution in [0.3, 0.4) is 0 Å². The number of aldehydes is 1. The molecule has 0 heterocycles. The molecule has 0 saturated carbocycles. The maximum absolute atomic E-state index is 12.6. The number of hydrogen-bond acceptors (Lipinski definition) is 2. The van der Waals surface area contributed by atoms with Crippen LogP contribution in [0.4, 0.5) is 8.78 Å². The van der Waals surface area contributed by atoms with Gasteiger partial charge in [-0.15, -0.1) is 0 Å². The Bertz CT molecular complexity index is 292. The summed E-state index contributed by atoms with van der Waals surface area (Å²) >= 11 is 0. The maximum atomic E-state index is 12.6. The Morgan fingerprint density at radius 3 is 2.31 bits per heavy atom. The SMILES string of the molecule is CC(C=O)Oc1cc(F)cc(F)c1. The Balaban J connectivity index is 2.82. The molecule has 0 bridgehead atoms. The molecule has 1 aromatic rings. The van der Waals surface area contributed by atoms with Gasteiger partial charge in [0.2, 0.25) is 0 Å². The number of halogens is 2. The average Bonchev–Trinajstić information content (AvgIpc) is 2.02. The van der Waals surface area contributed by atoms with Crippen molar-refractivity contribution in [3.63, 3.8) is 0 Å². The van der Waals surface area contributed by atoms with Crippen LogP contribution in [0.25, 0.3) is 0 Å². The highest BCUT2D eigenvalue weighted by atomic mass is 19.1. The molecule has 1 atom stereocenters. The lowest BCUT2D eigenvalue weighted by molar-refractivity contribution is -0.113. The van der Waals surface area contributed by atoms with E-state index < -0.39 is 17.7 Å². The van der Waals surface area contributed by atoms with Gasteiger partial charge >= 0.3 is 0 Å². The minimum Gasteiger partial charge on any atom is -0.483 e. The molecule has 0 spiro atoms. The third-order valence-electron chi connectivity index (χ3n) is 1.35. The highest BCUT2D eigenvalue weighted by molar-refractivity contribution is 5.56. The second-order valence-electron chi connectivity index (χ2n) is 2.56. The summed E-state index contributed by atoms with van der Waals surface area (Å²) in [4.78, 5) is 10.2. The summed E-state index contributed by atoms with van der Waals surface area (Å²) in [6, 6.07) is 2.77. The van der Waals surface area contributed by atoms with E-state index in [-0.39, 0.29) is 5.75 Å². The van der Waals surface area contributed by atoms with Crippen LogP contribution >= 0.6 is 0 Å². The summed E-state index contributed by atoms with van der Waals surface area (Å²) in [6.45, 7) is 1.48. The van der Waals surface area contributed by atoms with E-state index in [0.29, 0.717) is 6.29 Å². The molecule has 13 heavy (non-hydrogen) atoms. The second-order valence-corrected chi connectivity index (χ2v) is 2.56. The lowest BCUT2D eigenvalue weighted by atomic mass is 10.3. The minimum atomic E-state index is -0.729. The van der Waals surface area contributed by atoms with Crippen LogP contribution in [0.1, 0.15) is 6.92 Å². The zero-order valence-electron chi connectivity index (χ0n) is 6.96. The molecule has 1 rings (SSSR count). The van der Waals surface area contributed by atoms with Crippen molar-refractivity contribution in [2.45, 2.75) is 13.0 Å². The van der Waals surface area contributed by atoms with Crippen molar-refractivity contribution in [3.8, 4) is 5.75 Å². The van der Waals surface area contributed by atoms with E-state index in [1.54, 1.807) is 0 Å².